The van der Waals surface area contributed by atoms with Crippen LogP contribution in [0.1, 0.15) is 55.2 Å². The molecule has 1 aromatic carbocycles. The van der Waals surface area contributed by atoms with E-state index < -0.39 is 0 Å². The number of esters is 1. The molecule has 4 rings (SSSR count). The van der Waals surface area contributed by atoms with E-state index in [0.29, 0.717) is 16.5 Å². The van der Waals surface area contributed by atoms with Gasteiger partial charge in [0.15, 0.2) is 0 Å². The predicted molar refractivity (Wildman–Crippen MR) is 104 cm³/mol. The number of likely N-dealkylation sites (N-methyl/N-ethyl adjacent to an activating group) is 1. The summed E-state index contributed by atoms with van der Waals surface area (Å²) < 4.78 is 7.53. The third kappa shape index (κ3) is 3.76. The molecule has 6 nitrogen and oxygen atoms in total. The maximum Gasteiger partial charge on any atom is 0.338 e. The molecule has 0 amide bonds. The maximum atomic E-state index is 12.8. The minimum atomic E-state index is -0.323. The number of fused-ring (bicyclic) bond motifs is 2. The second kappa shape index (κ2) is 7.80. The van der Waals surface area contributed by atoms with E-state index in [1.165, 1.54) is 0 Å². The number of carbonyl (C=O) groups is 1. The summed E-state index contributed by atoms with van der Waals surface area (Å²) in [5.41, 5.74) is 1.07. The van der Waals surface area contributed by atoms with Crippen molar-refractivity contribution < 1.29 is 9.53 Å². The normalized spacial score (nSPS) is 20.9. The number of nitrogens with zero attached hydrogens (tertiary/aromatic N) is 3. The van der Waals surface area contributed by atoms with Crippen molar-refractivity contribution in [1.29, 1.82) is 0 Å². The molecule has 144 valence electrons. The van der Waals surface area contributed by atoms with Gasteiger partial charge in [-0.3, -0.25) is 14.3 Å². The molecule has 1 aromatic heterocycles. The van der Waals surface area contributed by atoms with Crippen molar-refractivity contribution in [1.82, 2.24) is 14.5 Å². The van der Waals surface area contributed by atoms with Crippen LogP contribution >= 0.6 is 0 Å². The zero-order valence-electron chi connectivity index (χ0n) is 15.9. The van der Waals surface area contributed by atoms with Crippen LogP contribution in [-0.4, -0.2) is 46.2 Å². The van der Waals surface area contributed by atoms with Crippen LogP contribution in [0.3, 0.4) is 0 Å². The fraction of sp³-hybridized carbons (Fsp3) is 0.571. The van der Waals surface area contributed by atoms with Gasteiger partial charge in [-0.1, -0.05) is 13.3 Å². The molecule has 1 unspecified atom stereocenters. The second-order valence-corrected chi connectivity index (χ2v) is 7.59. The Morgan fingerprint density at radius 3 is 2.96 bits per heavy atom. The highest BCUT2D eigenvalue weighted by Gasteiger charge is 2.23. The average molecular weight is 369 g/mol. The van der Waals surface area contributed by atoms with Gasteiger partial charge in [-0.15, -0.1) is 0 Å². The van der Waals surface area contributed by atoms with Crippen LogP contribution in [0.25, 0.3) is 10.9 Å². The molecule has 1 saturated heterocycles. The van der Waals surface area contributed by atoms with Crippen molar-refractivity contribution in [2.75, 3.05) is 19.6 Å². The number of likely N-dealkylation sites (tertiary alicyclic amines) is 1. The molecule has 0 bridgehead atoms. The Bertz CT molecular complexity index is 905. The molecule has 0 saturated carbocycles. The minimum Gasteiger partial charge on any atom is -0.457 e. The standard InChI is InChI=1S/C21H27N3O3/c1-2-23-11-6-7-16(14-23)27-21(26)15-9-10-17-18(13-15)22-19-8-4-3-5-12-24(19)20(17)25/h9-10,13,16H,2-8,11-12,14H2,1H3. The smallest absolute Gasteiger partial charge is 0.338 e. The molecule has 2 aliphatic heterocycles. The lowest BCUT2D eigenvalue weighted by molar-refractivity contribution is 0.00776. The SMILES string of the molecule is CCN1CCCC(OC(=O)c2ccc3c(=O)n4c(nc3c2)CCCCC4)C1. The Morgan fingerprint density at radius 1 is 1.22 bits per heavy atom. The molecule has 1 atom stereocenters. The van der Waals surface area contributed by atoms with Crippen LogP contribution in [0.5, 0.6) is 0 Å². The number of aromatic nitrogens is 2. The average Bonchev–Trinajstić information content (AvgIpc) is 2.93. The number of aryl methyl sites for hydroxylation is 1. The molecule has 0 N–H and O–H groups in total. The Balaban J connectivity index is 1.59. The molecule has 27 heavy (non-hydrogen) atoms. The maximum absolute atomic E-state index is 12.8. The van der Waals surface area contributed by atoms with Crippen LogP contribution in [0.15, 0.2) is 23.0 Å². The largest absolute Gasteiger partial charge is 0.457 e. The van der Waals surface area contributed by atoms with Crippen molar-refractivity contribution in [3.8, 4) is 0 Å². The summed E-state index contributed by atoms with van der Waals surface area (Å²) in [7, 11) is 0. The lowest BCUT2D eigenvalue weighted by Gasteiger charge is -2.31. The summed E-state index contributed by atoms with van der Waals surface area (Å²) in [6, 6.07) is 5.13. The molecule has 0 radical (unpaired) electrons. The van der Waals surface area contributed by atoms with Gasteiger partial charge in [0.25, 0.3) is 5.56 Å². The quantitative estimate of drug-likeness (QED) is 0.779. The van der Waals surface area contributed by atoms with Crippen molar-refractivity contribution in [2.45, 2.75) is 58.1 Å². The first-order chi connectivity index (χ1) is 13.2. The van der Waals surface area contributed by atoms with E-state index in [0.717, 1.165) is 70.5 Å². The Kier molecular flexibility index (Phi) is 5.25. The summed E-state index contributed by atoms with van der Waals surface area (Å²) in [5, 5.41) is 0.576. The first-order valence-corrected chi connectivity index (χ1v) is 10.1. The van der Waals surface area contributed by atoms with Gasteiger partial charge in [0.2, 0.25) is 0 Å². The molecule has 2 aromatic rings. The van der Waals surface area contributed by atoms with E-state index >= 15 is 0 Å². The van der Waals surface area contributed by atoms with Gasteiger partial charge < -0.3 is 4.74 Å². The number of hydrogen-bond donors (Lipinski definition) is 0. The highest BCUT2D eigenvalue weighted by atomic mass is 16.5. The van der Waals surface area contributed by atoms with E-state index in [2.05, 4.69) is 11.8 Å². The van der Waals surface area contributed by atoms with Gasteiger partial charge >= 0.3 is 5.97 Å². The Hall–Kier alpha value is -2.21. The van der Waals surface area contributed by atoms with E-state index in [-0.39, 0.29) is 17.6 Å². The third-order valence-corrected chi connectivity index (χ3v) is 5.74. The van der Waals surface area contributed by atoms with Gasteiger partial charge in [-0.05, 0) is 57.0 Å². The number of rotatable bonds is 3. The fourth-order valence-corrected chi connectivity index (χ4v) is 4.16. The molecule has 2 aliphatic rings. The van der Waals surface area contributed by atoms with Gasteiger partial charge in [-0.2, -0.15) is 0 Å². The van der Waals surface area contributed by atoms with Gasteiger partial charge in [0.1, 0.15) is 11.9 Å². The summed E-state index contributed by atoms with van der Waals surface area (Å²) in [6.45, 7) is 5.70. The van der Waals surface area contributed by atoms with E-state index in [4.69, 9.17) is 9.72 Å². The van der Waals surface area contributed by atoms with Crippen molar-refractivity contribution >= 4 is 16.9 Å². The predicted octanol–water partition coefficient (Wildman–Crippen LogP) is 2.76. The molecule has 6 heteroatoms. The van der Waals surface area contributed by atoms with Crippen LogP contribution in [0.4, 0.5) is 0 Å². The number of ether oxygens (including phenoxy) is 1. The van der Waals surface area contributed by atoms with Gasteiger partial charge in [0, 0.05) is 19.5 Å². The monoisotopic (exact) mass is 369 g/mol. The minimum absolute atomic E-state index is 0.00249. The van der Waals surface area contributed by atoms with Crippen LogP contribution in [0, 0.1) is 0 Å². The number of carbonyl (C=O) groups excluding carboxylic acids is 1. The van der Waals surface area contributed by atoms with Crippen LogP contribution in [0.2, 0.25) is 0 Å². The van der Waals surface area contributed by atoms with E-state index in [1.54, 1.807) is 22.8 Å². The van der Waals surface area contributed by atoms with E-state index in [9.17, 15) is 9.59 Å². The Morgan fingerprint density at radius 2 is 2.11 bits per heavy atom. The van der Waals surface area contributed by atoms with Crippen LogP contribution < -0.4 is 5.56 Å². The summed E-state index contributed by atoms with van der Waals surface area (Å²) in [5.74, 6) is 0.512. The first kappa shape index (κ1) is 18.2. The second-order valence-electron chi connectivity index (χ2n) is 7.59. The molecule has 3 heterocycles. The highest BCUT2D eigenvalue weighted by molar-refractivity contribution is 5.94. The van der Waals surface area contributed by atoms with Crippen LogP contribution in [-0.2, 0) is 17.7 Å². The lowest BCUT2D eigenvalue weighted by Crippen LogP contribution is -2.40. The van der Waals surface area contributed by atoms with Crippen molar-refractivity contribution in [2.24, 2.45) is 0 Å². The van der Waals surface area contributed by atoms with E-state index in [1.807, 2.05) is 0 Å². The van der Waals surface area contributed by atoms with Crippen molar-refractivity contribution in [3.63, 3.8) is 0 Å². The summed E-state index contributed by atoms with van der Waals surface area (Å²) in [4.78, 5) is 32.4. The first-order valence-electron chi connectivity index (χ1n) is 10.1. The zero-order chi connectivity index (χ0) is 18.8. The number of benzene rings is 1. The third-order valence-electron chi connectivity index (χ3n) is 5.74. The number of piperidine rings is 1. The van der Waals surface area contributed by atoms with Crippen molar-refractivity contribution in [3.05, 3.63) is 39.9 Å². The number of hydrogen-bond acceptors (Lipinski definition) is 5. The molecular weight excluding hydrogens is 342 g/mol. The zero-order valence-corrected chi connectivity index (χ0v) is 15.9. The lowest BCUT2D eigenvalue weighted by atomic mass is 10.1. The Labute approximate surface area is 159 Å². The highest BCUT2D eigenvalue weighted by Crippen LogP contribution is 2.19. The molecule has 0 aliphatic carbocycles. The summed E-state index contributed by atoms with van der Waals surface area (Å²) >= 11 is 0. The van der Waals surface area contributed by atoms with Gasteiger partial charge in [-0.25, -0.2) is 9.78 Å². The molecule has 0 spiro atoms. The topological polar surface area (TPSA) is 64.4 Å². The molecule has 1 fully saturated rings. The summed E-state index contributed by atoms with van der Waals surface area (Å²) in [6.07, 6.45) is 5.89. The molecular formula is C21H27N3O3. The van der Waals surface area contributed by atoms with Gasteiger partial charge in [0.05, 0.1) is 16.5 Å². The fourth-order valence-electron chi connectivity index (χ4n) is 4.16.